The molecule has 3 nitrogen and oxygen atoms in total. The van der Waals surface area contributed by atoms with Crippen LogP contribution in [0.15, 0.2) is 0 Å². The van der Waals surface area contributed by atoms with E-state index < -0.39 is 0 Å². The molecule has 0 fully saturated rings. The highest BCUT2D eigenvalue weighted by atomic mass is 16.2. The second-order valence-corrected chi connectivity index (χ2v) is 5.93. The third-order valence-corrected chi connectivity index (χ3v) is 3.07. The molecule has 0 spiro atoms. The molecule has 0 aliphatic rings. The largest absolute Gasteiger partial charge is 0.346 e. The lowest BCUT2D eigenvalue weighted by molar-refractivity contribution is -0.131. The zero-order valence-electron chi connectivity index (χ0n) is 12.2. The fourth-order valence-electron chi connectivity index (χ4n) is 1.91. The molecular weight excluding hydrogens is 212 g/mol. The molecule has 0 heterocycles. The standard InChI is InChI=1S/C14H30N2O/c1-11(2)6-7-16(5)14(17)9-13(10-15)8-12(3)4/h11-13H,6-10,15H2,1-5H3/t13-/m0/s1. The normalized spacial score (nSPS) is 13.2. The van der Waals surface area contributed by atoms with Crippen LogP contribution in [-0.2, 0) is 4.79 Å². The van der Waals surface area contributed by atoms with Crippen molar-refractivity contribution in [3.05, 3.63) is 0 Å². The van der Waals surface area contributed by atoms with Crippen LogP contribution in [0.5, 0.6) is 0 Å². The van der Waals surface area contributed by atoms with Crippen LogP contribution in [0, 0.1) is 17.8 Å². The van der Waals surface area contributed by atoms with E-state index in [4.69, 9.17) is 5.73 Å². The maximum Gasteiger partial charge on any atom is 0.222 e. The summed E-state index contributed by atoms with van der Waals surface area (Å²) in [4.78, 5) is 13.8. The van der Waals surface area contributed by atoms with Gasteiger partial charge in [0.05, 0.1) is 0 Å². The van der Waals surface area contributed by atoms with Crippen molar-refractivity contribution in [2.75, 3.05) is 20.1 Å². The minimum atomic E-state index is 0.238. The fourth-order valence-corrected chi connectivity index (χ4v) is 1.91. The van der Waals surface area contributed by atoms with E-state index >= 15 is 0 Å². The van der Waals surface area contributed by atoms with E-state index in [0.717, 1.165) is 19.4 Å². The lowest BCUT2D eigenvalue weighted by Gasteiger charge is -2.22. The average molecular weight is 242 g/mol. The van der Waals surface area contributed by atoms with Gasteiger partial charge in [-0.25, -0.2) is 0 Å². The van der Waals surface area contributed by atoms with Gasteiger partial charge in [0.2, 0.25) is 5.91 Å². The molecule has 0 bridgehead atoms. The first-order valence-corrected chi connectivity index (χ1v) is 6.80. The van der Waals surface area contributed by atoms with Crippen molar-refractivity contribution in [3.8, 4) is 0 Å². The Labute approximate surface area is 107 Å². The second-order valence-electron chi connectivity index (χ2n) is 5.93. The molecule has 0 saturated heterocycles. The van der Waals surface area contributed by atoms with Gasteiger partial charge in [0.1, 0.15) is 0 Å². The predicted molar refractivity (Wildman–Crippen MR) is 73.7 cm³/mol. The summed E-state index contributed by atoms with van der Waals surface area (Å²) in [6, 6.07) is 0. The first-order valence-electron chi connectivity index (χ1n) is 6.80. The van der Waals surface area contributed by atoms with Crippen molar-refractivity contribution in [1.29, 1.82) is 0 Å². The Balaban J connectivity index is 4.03. The van der Waals surface area contributed by atoms with Gasteiger partial charge in [-0.05, 0) is 37.1 Å². The van der Waals surface area contributed by atoms with Gasteiger partial charge in [-0.1, -0.05) is 27.7 Å². The van der Waals surface area contributed by atoms with Crippen LogP contribution in [0.3, 0.4) is 0 Å². The van der Waals surface area contributed by atoms with Crippen molar-refractivity contribution < 1.29 is 4.79 Å². The predicted octanol–water partition coefficient (Wildman–Crippen LogP) is 2.50. The van der Waals surface area contributed by atoms with E-state index in [1.165, 1.54) is 0 Å². The molecule has 0 saturated carbocycles. The van der Waals surface area contributed by atoms with Gasteiger partial charge in [-0.3, -0.25) is 4.79 Å². The maximum atomic E-state index is 12.0. The van der Waals surface area contributed by atoms with E-state index in [1.807, 2.05) is 11.9 Å². The molecule has 1 atom stereocenters. The molecule has 2 N–H and O–H groups in total. The molecule has 0 unspecified atom stereocenters. The van der Waals surface area contributed by atoms with Crippen LogP contribution in [0.25, 0.3) is 0 Å². The van der Waals surface area contributed by atoms with E-state index in [-0.39, 0.29) is 5.91 Å². The Hall–Kier alpha value is -0.570. The van der Waals surface area contributed by atoms with E-state index in [9.17, 15) is 4.79 Å². The lowest BCUT2D eigenvalue weighted by atomic mass is 9.94. The van der Waals surface area contributed by atoms with Crippen molar-refractivity contribution in [1.82, 2.24) is 4.90 Å². The van der Waals surface area contributed by atoms with Crippen molar-refractivity contribution in [2.45, 2.75) is 47.0 Å². The van der Waals surface area contributed by atoms with Crippen molar-refractivity contribution >= 4 is 5.91 Å². The monoisotopic (exact) mass is 242 g/mol. The highest BCUT2D eigenvalue weighted by molar-refractivity contribution is 5.76. The molecule has 17 heavy (non-hydrogen) atoms. The minimum absolute atomic E-state index is 0.238. The van der Waals surface area contributed by atoms with E-state index in [2.05, 4.69) is 27.7 Å². The zero-order chi connectivity index (χ0) is 13.4. The van der Waals surface area contributed by atoms with Gasteiger partial charge < -0.3 is 10.6 Å². The summed E-state index contributed by atoms with van der Waals surface area (Å²) in [5, 5.41) is 0. The van der Waals surface area contributed by atoms with E-state index in [0.29, 0.717) is 30.7 Å². The topological polar surface area (TPSA) is 46.3 Å². The molecule has 0 aromatic rings. The number of nitrogens with two attached hydrogens (primary N) is 1. The Bertz CT molecular complexity index is 214. The SMILES string of the molecule is CC(C)CCN(C)C(=O)C[C@@H](CN)CC(C)C. The third kappa shape index (κ3) is 8.19. The highest BCUT2D eigenvalue weighted by Crippen LogP contribution is 2.15. The van der Waals surface area contributed by atoms with Crippen LogP contribution < -0.4 is 5.73 Å². The van der Waals surface area contributed by atoms with Crippen LogP contribution in [0.1, 0.15) is 47.0 Å². The van der Waals surface area contributed by atoms with E-state index in [1.54, 1.807) is 0 Å². The molecular formula is C14H30N2O. The number of hydrogen-bond donors (Lipinski definition) is 1. The Morgan fingerprint density at radius 1 is 1.18 bits per heavy atom. The maximum absolute atomic E-state index is 12.0. The molecule has 0 radical (unpaired) electrons. The highest BCUT2D eigenvalue weighted by Gasteiger charge is 2.16. The molecule has 1 amide bonds. The number of nitrogens with zero attached hydrogens (tertiary/aromatic N) is 1. The fraction of sp³-hybridized carbons (Fsp3) is 0.929. The van der Waals surface area contributed by atoms with Crippen LogP contribution >= 0.6 is 0 Å². The third-order valence-electron chi connectivity index (χ3n) is 3.07. The van der Waals surface area contributed by atoms with Crippen molar-refractivity contribution in [2.24, 2.45) is 23.5 Å². The minimum Gasteiger partial charge on any atom is -0.346 e. The lowest BCUT2D eigenvalue weighted by Crippen LogP contribution is -2.32. The molecule has 0 aromatic carbocycles. The number of hydrogen-bond acceptors (Lipinski definition) is 2. The first kappa shape index (κ1) is 16.4. The smallest absolute Gasteiger partial charge is 0.222 e. The Kier molecular flexibility index (Phi) is 8.23. The molecule has 0 aromatic heterocycles. The zero-order valence-corrected chi connectivity index (χ0v) is 12.2. The van der Waals surface area contributed by atoms with Gasteiger partial charge in [-0.15, -0.1) is 0 Å². The summed E-state index contributed by atoms with van der Waals surface area (Å²) in [6.45, 7) is 10.2. The molecule has 0 aliphatic heterocycles. The summed E-state index contributed by atoms with van der Waals surface area (Å²) < 4.78 is 0. The molecule has 102 valence electrons. The van der Waals surface area contributed by atoms with Gasteiger partial charge in [0.25, 0.3) is 0 Å². The first-order chi connectivity index (χ1) is 7.86. The van der Waals surface area contributed by atoms with Crippen molar-refractivity contribution in [3.63, 3.8) is 0 Å². The summed E-state index contributed by atoms with van der Waals surface area (Å²) in [5.74, 6) is 1.83. The van der Waals surface area contributed by atoms with Gasteiger partial charge >= 0.3 is 0 Å². The molecule has 0 rings (SSSR count). The van der Waals surface area contributed by atoms with Crippen LogP contribution in [-0.4, -0.2) is 30.9 Å². The van der Waals surface area contributed by atoms with Gasteiger partial charge in [0, 0.05) is 20.0 Å². The average Bonchev–Trinajstić information content (AvgIpc) is 2.23. The van der Waals surface area contributed by atoms with Crippen LogP contribution in [0.4, 0.5) is 0 Å². The Morgan fingerprint density at radius 2 is 1.76 bits per heavy atom. The van der Waals surface area contributed by atoms with Gasteiger partial charge in [0.15, 0.2) is 0 Å². The number of carbonyl (C=O) groups excluding carboxylic acids is 1. The molecule has 3 heteroatoms. The number of carbonyl (C=O) groups is 1. The quantitative estimate of drug-likeness (QED) is 0.711. The Morgan fingerprint density at radius 3 is 2.18 bits per heavy atom. The number of amides is 1. The summed E-state index contributed by atoms with van der Waals surface area (Å²) >= 11 is 0. The molecule has 0 aliphatic carbocycles. The summed E-state index contributed by atoms with van der Waals surface area (Å²) in [7, 11) is 1.90. The van der Waals surface area contributed by atoms with Gasteiger partial charge in [-0.2, -0.15) is 0 Å². The van der Waals surface area contributed by atoms with Crippen LogP contribution in [0.2, 0.25) is 0 Å². The number of rotatable bonds is 8. The second kappa shape index (κ2) is 8.51. The summed E-state index contributed by atoms with van der Waals surface area (Å²) in [5.41, 5.74) is 5.72. The summed E-state index contributed by atoms with van der Waals surface area (Å²) in [6.07, 6.45) is 2.71.